The number of carboxylic acid groups (broad SMARTS) is 1. The van der Waals surface area contributed by atoms with Crippen molar-refractivity contribution in [2.45, 2.75) is 32.2 Å². The number of hydrogen-bond acceptors (Lipinski definition) is 4. The van der Waals surface area contributed by atoms with E-state index in [0.717, 1.165) is 19.4 Å². The third-order valence-corrected chi connectivity index (χ3v) is 3.75. The summed E-state index contributed by atoms with van der Waals surface area (Å²) in [4.78, 5) is 15.1. The van der Waals surface area contributed by atoms with E-state index in [1.807, 2.05) is 4.68 Å². The normalized spacial score (nSPS) is 17.1. The van der Waals surface area contributed by atoms with Gasteiger partial charge >= 0.3 is 5.97 Å². The minimum Gasteiger partial charge on any atom is -0.481 e. The van der Waals surface area contributed by atoms with Crippen LogP contribution in [0.1, 0.15) is 36.3 Å². The smallest absolute Gasteiger partial charge is 0.311 e. The number of rotatable bonds is 4. The number of aromatic nitrogens is 3. The number of benzene rings is 1. The van der Waals surface area contributed by atoms with Gasteiger partial charge in [0.2, 0.25) is 5.95 Å². The molecular weight excluding hydrogens is 268 g/mol. The topological polar surface area (TPSA) is 80.0 Å². The second-order valence-corrected chi connectivity index (χ2v) is 5.19. The van der Waals surface area contributed by atoms with Gasteiger partial charge in [0.25, 0.3) is 0 Å². The second-order valence-electron chi connectivity index (χ2n) is 5.19. The number of nitrogens with one attached hydrogen (secondary N) is 1. The molecule has 1 aromatic heterocycles. The van der Waals surface area contributed by atoms with Crippen LogP contribution in [0.25, 0.3) is 0 Å². The summed E-state index contributed by atoms with van der Waals surface area (Å²) in [6, 6.07) is 8.62. The molecule has 1 unspecified atom stereocenters. The first-order valence-corrected chi connectivity index (χ1v) is 7.17. The Morgan fingerprint density at radius 3 is 2.86 bits per heavy atom. The van der Waals surface area contributed by atoms with Crippen LogP contribution in [0.4, 0.5) is 5.95 Å². The van der Waals surface area contributed by atoms with Crippen molar-refractivity contribution in [3.63, 3.8) is 0 Å². The van der Waals surface area contributed by atoms with Gasteiger partial charge in [0.15, 0.2) is 5.82 Å². The SMILES string of the molecule is CCc1ccc(C2CCNc3nc(CC(=O)O)nn32)cc1. The van der Waals surface area contributed by atoms with E-state index in [1.54, 1.807) is 0 Å². The Balaban J connectivity index is 1.91. The Kier molecular flexibility index (Phi) is 3.60. The molecule has 0 bridgehead atoms. The van der Waals surface area contributed by atoms with Crippen molar-refractivity contribution in [2.24, 2.45) is 0 Å². The van der Waals surface area contributed by atoms with Gasteiger partial charge in [-0.1, -0.05) is 31.2 Å². The quantitative estimate of drug-likeness (QED) is 0.897. The Bertz CT molecular complexity index is 648. The zero-order valence-electron chi connectivity index (χ0n) is 11.9. The van der Waals surface area contributed by atoms with Crippen molar-refractivity contribution in [1.82, 2.24) is 14.8 Å². The number of carbonyl (C=O) groups is 1. The van der Waals surface area contributed by atoms with Gasteiger partial charge < -0.3 is 10.4 Å². The monoisotopic (exact) mass is 286 g/mol. The highest BCUT2D eigenvalue weighted by Crippen LogP contribution is 2.28. The fourth-order valence-corrected chi connectivity index (χ4v) is 2.64. The van der Waals surface area contributed by atoms with Gasteiger partial charge in [0, 0.05) is 6.54 Å². The minimum absolute atomic E-state index is 0.113. The maximum atomic E-state index is 10.8. The van der Waals surface area contributed by atoms with E-state index in [1.165, 1.54) is 11.1 Å². The van der Waals surface area contributed by atoms with Gasteiger partial charge in [-0.25, -0.2) is 4.68 Å². The summed E-state index contributed by atoms with van der Waals surface area (Å²) in [5.41, 5.74) is 2.49. The molecule has 0 spiro atoms. The van der Waals surface area contributed by atoms with Crippen LogP contribution in [-0.4, -0.2) is 32.4 Å². The number of carboxylic acids is 1. The van der Waals surface area contributed by atoms with Crippen LogP contribution in [-0.2, 0) is 17.6 Å². The lowest BCUT2D eigenvalue weighted by atomic mass is 10.0. The fourth-order valence-electron chi connectivity index (χ4n) is 2.64. The third kappa shape index (κ3) is 2.74. The van der Waals surface area contributed by atoms with E-state index in [9.17, 15) is 4.79 Å². The molecule has 2 heterocycles. The molecule has 1 atom stereocenters. The highest BCUT2D eigenvalue weighted by atomic mass is 16.4. The predicted molar refractivity (Wildman–Crippen MR) is 78.4 cm³/mol. The zero-order valence-corrected chi connectivity index (χ0v) is 11.9. The molecule has 3 rings (SSSR count). The average Bonchev–Trinajstić information content (AvgIpc) is 2.88. The summed E-state index contributed by atoms with van der Waals surface area (Å²) in [5.74, 6) is 0.0888. The number of anilines is 1. The van der Waals surface area contributed by atoms with Gasteiger partial charge in [-0.15, -0.1) is 0 Å². The van der Waals surface area contributed by atoms with Gasteiger partial charge in [-0.05, 0) is 24.0 Å². The highest BCUT2D eigenvalue weighted by Gasteiger charge is 2.24. The summed E-state index contributed by atoms with van der Waals surface area (Å²) in [7, 11) is 0. The van der Waals surface area contributed by atoms with E-state index in [2.05, 4.69) is 46.6 Å². The second kappa shape index (κ2) is 5.55. The molecule has 1 aliphatic heterocycles. The minimum atomic E-state index is -0.915. The Morgan fingerprint density at radius 2 is 2.19 bits per heavy atom. The average molecular weight is 286 g/mol. The van der Waals surface area contributed by atoms with Gasteiger partial charge in [-0.3, -0.25) is 4.79 Å². The molecule has 0 fully saturated rings. The van der Waals surface area contributed by atoms with Crippen molar-refractivity contribution in [3.05, 3.63) is 41.2 Å². The van der Waals surface area contributed by atoms with Gasteiger partial charge in [0.1, 0.15) is 6.42 Å². The molecule has 110 valence electrons. The number of aliphatic carboxylic acids is 1. The Morgan fingerprint density at radius 1 is 1.43 bits per heavy atom. The molecule has 2 aromatic rings. The van der Waals surface area contributed by atoms with Crippen LogP contribution in [0.3, 0.4) is 0 Å². The molecule has 0 saturated heterocycles. The molecule has 0 radical (unpaired) electrons. The number of fused-ring (bicyclic) bond motifs is 1. The van der Waals surface area contributed by atoms with Crippen LogP contribution in [0.15, 0.2) is 24.3 Å². The first kappa shape index (κ1) is 13.6. The highest BCUT2D eigenvalue weighted by molar-refractivity contribution is 5.69. The summed E-state index contributed by atoms with van der Waals surface area (Å²) in [6.07, 6.45) is 1.78. The van der Waals surface area contributed by atoms with Crippen molar-refractivity contribution in [2.75, 3.05) is 11.9 Å². The first-order valence-electron chi connectivity index (χ1n) is 7.17. The van der Waals surface area contributed by atoms with Gasteiger partial charge in [-0.2, -0.15) is 10.1 Å². The predicted octanol–water partition coefficient (Wildman–Crippen LogP) is 1.87. The lowest BCUT2D eigenvalue weighted by molar-refractivity contribution is -0.136. The lowest BCUT2D eigenvalue weighted by Crippen LogP contribution is -2.24. The third-order valence-electron chi connectivity index (χ3n) is 3.75. The number of aryl methyl sites for hydroxylation is 1. The zero-order chi connectivity index (χ0) is 14.8. The van der Waals surface area contributed by atoms with E-state index in [4.69, 9.17) is 5.11 Å². The van der Waals surface area contributed by atoms with E-state index >= 15 is 0 Å². The summed E-state index contributed by atoms with van der Waals surface area (Å²) in [5, 5.41) is 16.4. The molecule has 6 heteroatoms. The van der Waals surface area contributed by atoms with Crippen LogP contribution in [0.5, 0.6) is 0 Å². The Labute approximate surface area is 122 Å². The standard InChI is InChI=1S/C15H18N4O2/c1-2-10-3-5-11(6-4-10)12-7-8-16-15-17-13(9-14(20)21)18-19(12)15/h3-6,12H,2,7-9H2,1H3,(H,20,21)(H,16,17,18). The number of nitrogens with zero attached hydrogens (tertiary/aromatic N) is 3. The largest absolute Gasteiger partial charge is 0.481 e. The lowest BCUT2D eigenvalue weighted by Gasteiger charge is -2.24. The maximum Gasteiger partial charge on any atom is 0.311 e. The van der Waals surface area contributed by atoms with Crippen molar-refractivity contribution < 1.29 is 9.90 Å². The maximum absolute atomic E-state index is 10.8. The van der Waals surface area contributed by atoms with Crippen molar-refractivity contribution in [1.29, 1.82) is 0 Å². The number of hydrogen-bond donors (Lipinski definition) is 2. The van der Waals surface area contributed by atoms with Crippen LogP contribution in [0.2, 0.25) is 0 Å². The van der Waals surface area contributed by atoms with E-state index in [0.29, 0.717) is 11.8 Å². The molecule has 6 nitrogen and oxygen atoms in total. The fraction of sp³-hybridized carbons (Fsp3) is 0.400. The van der Waals surface area contributed by atoms with E-state index < -0.39 is 5.97 Å². The molecule has 0 aliphatic carbocycles. The van der Waals surface area contributed by atoms with Crippen molar-refractivity contribution >= 4 is 11.9 Å². The van der Waals surface area contributed by atoms with Crippen LogP contribution < -0.4 is 5.32 Å². The molecule has 0 amide bonds. The molecule has 0 saturated carbocycles. The van der Waals surface area contributed by atoms with Gasteiger partial charge in [0.05, 0.1) is 6.04 Å². The van der Waals surface area contributed by atoms with E-state index in [-0.39, 0.29) is 12.5 Å². The molecule has 1 aromatic carbocycles. The molecule has 1 aliphatic rings. The molecular formula is C15H18N4O2. The van der Waals surface area contributed by atoms with Crippen LogP contribution in [0, 0.1) is 0 Å². The first-order chi connectivity index (χ1) is 10.2. The van der Waals surface area contributed by atoms with Crippen molar-refractivity contribution in [3.8, 4) is 0 Å². The molecule has 21 heavy (non-hydrogen) atoms. The van der Waals surface area contributed by atoms with Crippen LogP contribution >= 0.6 is 0 Å². The molecule has 2 N–H and O–H groups in total. The summed E-state index contributed by atoms with van der Waals surface area (Å²) in [6.45, 7) is 2.94. The Hall–Kier alpha value is -2.37. The summed E-state index contributed by atoms with van der Waals surface area (Å²) >= 11 is 0. The summed E-state index contributed by atoms with van der Waals surface area (Å²) < 4.78 is 1.81.